The minimum absolute atomic E-state index is 0.234. The van der Waals surface area contributed by atoms with E-state index in [2.05, 4.69) is 22.5 Å². The van der Waals surface area contributed by atoms with E-state index in [-0.39, 0.29) is 34.3 Å². The molecule has 1 fully saturated rings. The number of pyridine rings is 1. The monoisotopic (exact) mass is 648 g/mol. The van der Waals surface area contributed by atoms with E-state index in [9.17, 15) is 24.3 Å². The van der Waals surface area contributed by atoms with Crippen LogP contribution in [-0.2, 0) is 11.8 Å². The van der Waals surface area contributed by atoms with Crippen LogP contribution >= 0.6 is 0 Å². The van der Waals surface area contributed by atoms with Gasteiger partial charge in [-0.1, -0.05) is 18.7 Å². The van der Waals surface area contributed by atoms with E-state index in [1.54, 1.807) is 54.5 Å². The Hall–Kier alpha value is -5.68. The highest BCUT2D eigenvalue weighted by Gasteiger charge is 2.25. The first-order valence-electron chi connectivity index (χ1n) is 15.7. The first-order chi connectivity index (χ1) is 22.9. The van der Waals surface area contributed by atoms with Crippen molar-refractivity contribution in [3.8, 4) is 11.1 Å². The average Bonchev–Trinajstić information content (AvgIpc) is 3.07. The van der Waals surface area contributed by atoms with Crippen molar-refractivity contribution >= 4 is 46.2 Å². The smallest absolute Gasteiger partial charge is 0.274 e. The molecule has 11 nitrogen and oxygen atoms in total. The van der Waals surface area contributed by atoms with Crippen LogP contribution in [-0.4, -0.2) is 65.6 Å². The van der Waals surface area contributed by atoms with E-state index >= 15 is 0 Å². The van der Waals surface area contributed by atoms with Crippen molar-refractivity contribution in [3.05, 3.63) is 113 Å². The van der Waals surface area contributed by atoms with Crippen molar-refractivity contribution in [1.29, 1.82) is 0 Å². The van der Waals surface area contributed by atoms with Crippen LogP contribution < -0.4 is 26.4 Å². The second-order valence-electron chi connectivity index (χ2n) is 12.0. The van der Waals surface area contributed by atoms with E-state index in [0.717, 1.165) is 28.5 Å². The number of benzene rings is 3. The van der Waals surface area contributed by atoms with Crippen molar-refractivity contribution in [2.45, 2.75) is 25.9 Å². The molecule has 3 amide bonds. The van der Waals surface area contributed by atoms with Crippen molar-refractivity contribution in [2.24, 2.45) is 7.05 Å². The highest BCUT2D eigenvalue weighted by molar-refractivity contribution is 6.07. The highest BCUT2D eigenvalue weighted by Crippen LogP contribution is 2.31. The quantitative estimate of drug-likeness (QED) is 0.185. The molecule has 0 radical (unpaired) electrons. The number of amides is 3. The number of anilines is 5. The summed E-state index contributed by atoms with van der Waals surface area (Å²) in [5.74, 6) is -0.984. The summed E-state index contributed by atoms with van der Waals surface area (Å²) in [6.45, 7) is 6.24. The lowest BCUT2D eigenvalue weighted by Gasteiger charge is -2.30. The summed E-state index contributed by atoms with van der Waals surface area (Å²) >= 11 is 0. The van der Waals surface area contributed by atoms with Gasteiger partial charge in [0.25, 0.3) is 17.4 Å². The third-order valence-electron chi connectivity index (χ3n) is 8.45. The van der Waals surface area contributed by atoms with E-state index in [0.29, 0.717) is 42.9 Å². The van der Waals surface area contributed by atoms with Crippen LogP contribution in [0.5, 0.6) is 0 Å². The van der Waals surface area contributed by atoms with Gasteiger partial charge < -0.3 is 35.4 Å². The number of likely N-dealkylation sites (tertiary alicyclic amines) is 1. The predicted molar refractivity (Wildman–Crippen MR) is 190 cm³/mol. The first kappa shape index (κ1) is 33.7. The molecule has 0 unspecified atom stereocenters. The molecular formula is C37H40N6O5. The van der Waals surface area contributed by atoms with Crippen molar-refractivity contribution in [2.75, 3.05) is 48.0 Å². The molecule has 4 N–H and O–H groups in total. The maximum atomic E-state index is 13.4. The summed E-state index contributed by atoms with van der Waals surface area (Å²) in [5, 5.41) is 18.8. The van der Waals surface area contributed by atoms with E-state index < -0.39 is 12.0 Å². The maximum Gasteiger partial charge on any atom is 0.274 e. The zero-order chi connectivity index (χ0) is 34.5. The number of carbonyl (C=O) groups excluding carboxylic acids is 3. The molecule has 0 spiro atoms. The summed E-state index contributed by atoms with van der Waals surface area (Å²) in [6.07, 6.45) is 3.38. The Balaban J connectivity index is 1.42. The first-order valence-corrected chi connectivity index (χ1v) is 15.7. The number of rotatable bonds is 9. The van der Waals surface area contributed by atoms with Crippen molar-refractivity contribution in [1.82, 2.24) is 9.47 Å². The number of hydrogen-bond donors (Lipinski definition) is 4. The number of aliphatic hydroxyl groups excluding tert-OH is 1. The molecule has 5 rings (SSSR count). The van der Waals surface area contributed by atoms with Gasteiger partial charge in [-0.25, -0.2) is 0 Å². The number of aliphatic hydroxyl groups is 1. The zero-order valence-corrected chi connectivity index (χ0v) is 27.5. The molecule has 48 heavy (non-hydrogen) atoms. The molecule has 0 saturated carbocycles. The van der Waals surface area contributed by atoms with Crippen LogP contribution in [0.1, 0.15) is 39.1 Å². The lowest BCUT2D eigenvalue weighted by atomic mass is 9.99. The highest BCUT2D eigenvalue weighted by atomic mass is 16.3. The maximum absolute atomic E-state index is 13.4. The second kappa shape index (κ2) is 14.4. The molecule has 0 aliphatic carbocycles. The number of nitrogens with one attached hydrogen (secondary N) is 3. The Kier molecular flexibility index (Phi) is 10.1. The van der Waals surface area contributed by atoms with Gasteiger partial charge >= 0.3 is 0 Å². The molecule has 0 bridgehead atoms. The molecule has 1 aliphatic rings. The predicted octanol–water partition coefficient (Wildman–Crippen LogP) is 5.14. The SMILES string of the molecule is C=CC(=O)Nc1cc(Nc2cc(-c3cccc(NC(=O)c4ccc(N(C)C)cc4)c3C)cn(C)c2=O)ccc1C(=O)N1CCC(O)CC1. The van der Waals surface area contributed by atoms with Gasteiger partial charge in [0, 0.05) is 68.6 Å². The summed E-state index contributed by atoms with van der Waals surface area (Å²) in [4.78, 5) is 55.7. The normalized spacial score (nSPS) is 13.1. The summed E-state index contributed by atoms with van der Waals surface area (Å²) in [7, 11) is 5.53. The summed E-state index contributed by atoms with van der Waals surface area (Å²) < 4.78 is 1.47. The number of piperidine rings is 1. The number of nitrogens with zero attached hydrogens (tertiary/aromatic N) is 3. The summed E-state index contributed by atoms with van der Waals surface area (Å²) in [6, 6.07) is 19.6. The largest absolute Gasteiger partial charge is 0.393 e. The van der Waals surface area contributed by atoms with Crippen molar-refractivity contribution < 1.29 is 19.5 Å². The molecule has 3 aromatic carbocycles. The Morgan fingerprint density at radius 2 is 1.65 bits per heavy atom. The Bertz CT molecular complexity index is 1920. The topological polar surface area (TPSA) is 136 Å². The van der Waals surface area contributed by atoms with Crippen LogP contribution in [0.25, 0.3) is 11.1 Å². The van der Waals surface area contributed by atoms with Gasteiger partial charge in [-0.2, -0.15) is 0 Å². The molecule has 248 valence electrons. The van der Waals surface area contributed by atoms with Crippen LogP contribution in [0.3, 0.4) is 0 Å². The van der Waals surface area contributed by atoms with Gasteiger partial charge in [-0.3, -0.25) is 19.2 Å². The van der Waals surface area contributed by atoms with Gasteiger partial charge in [0.2, 0.25) is 5.91 Å². The fourth-order valence-corrected chi connectivity index (χ4v) is 5.63. The molecule has 11 heteroatoms. The minimum Gasteiger partial charge on any atom is -0.393 e. The van der Waals surface area contributed by atoms with Crippen LogP contribution in [0.2, 0.25) is 0 Å². The fraction of sp³-hybridized carbons (Fsp3) is 0.243. The Labute approximate surface area is 279 Å². The lowest BCUT2D eigenvalue weighted by Crippen LogP contribution is -2.40. The molecule has 1 aromatic heterocycles. The number of aromatic nitrogens is 1. The third-order valence-corrected chi connectivity index (χ3v) is 8.45. The number of aryl methyl sites for hydroxylation is 1. The zero-order valence-electron chi connectivity index (χ0n) is 27.5. The molecule has 0 atom stereocenters. The number of carbonyl (C=O) groups is 3. The molecule has 1 saturated heterocycles. The standard InChI is InChI=1S/C37H40N6O5/c1-6-34(45)39-32-21-26(12-15-30(32)36(47)43-18-16-28(44)17-19-43)38-33-20-25(22-42(5)37(33)48)29-8-7-9-31(23(29)2)40-35(46)24-10-13-27(14-11-24)41(3)4/h6-15,20-22,28,38,44H,1,16-19H2,2-5H3,(H,39,45)(H,40,46). The lowest BCUT2D eigenvalue weighted by molar-refractivity contribution is -0.111. The van der Waals surface area contributed by atoms with Crippen molar-refractivity contribution in [3.63, 3.8) is 0 Å². The Morgan fingerprint density at radius 3 is 2.31 bits per heavy atom. The van der Waals surface area contributed by atoms with Crippen LogP contribution in [0.4, 0.5) is 28.4 Å². The van der Waals surface area contributed by atoms with E-state index in [1.165, 1.54) is 4.57 Å². The van der Waals surface area contributed by atoms with Gasteiger partial charge in [-0.15, -0.1) is 0 Å². The average molecular weight is 649 g/mol. The van der Waals surface area contributed by atoms with Gasteiger partial charge in [0.1, 0.15) is 5.69 Å². The van der Waals surface area contributed by atoms with Gasteiger partial charge in [0.05, 0.1) is 17.4 Å². The van der Waals surface area contributed by atoms with E-state index in [1.807, 2.05) is 56.3 Å². The third kappa shape index (κ3) is 7.48. The fourth-order valence-electron chi connectivity index (χ4n) is 5.63. The molecule has 1 aliphatic heterocycles. The Morgan fingerprint density at radius 1 is 0.938 bits per heavy atom. The number of hydrogen-bond acceptors (Lipinski definition) is 7. The van der Waals surface area contributed by atoms with Crippen LogP contribution in [0.15, 0.2) is 90.4 Å². The van der Waals surface area contributed by atoms with E-state index in [4.69, 9.17) is 0 Å². The van der Waals surface area contributed by atoms with Gasteiger partial charge in [-0.05, 0) is 91.6 Å². The van der Waals surface area contributed by atoms with Gasteiger partial charge in [0.15, 0.2) is 0 Å². The van der Waals surface area contributed by atoms with Crippen LogP contribution in [0, 0.1) is 6.92 Å². The molecular weight excluding hydrogens is 608 g/mol. The second-order valence-corrected chi connectivity index (χ2v) is 12.0. The molecule has 4 aromatic rings. The molecule has 2 heterocycles. The minimum atomic E-state index is -0.485. The summed E-state index contributed by atoms with van der Waals surface area (Å²) in [5.41, 5.74) is 5.57.